The molecule has 0 saturated carbocycles. The first kappa shape index (κ1) is 17.9. The highest BCUT2D eigenvalue weighted by Crippen LogP contribution is 2.25. The number of para-hydroxylation sites is 1. The Morgan fingerprint density at radius 1 is 1.23 bits per heavy atom. The molecule has 10 heteroatoms. The average molecular weight is 382 g/mol. The van der Waals surface area contributed by atoms with Gasteiger partial charge in [0.2, 0.25) is 4.80 Å². The molecule has 0 spiro atoms. The van der Waals surface area contributed by atoms with Crippen molar-refractivity contribution in [2.45, 2.75) is 12.7 Å². The number of aromatic nitrogens is 2. The van der Waals surface area contributed by atoms with Gasteiger partial charge in [0.15, 0.2) is 0 Å². The predicted octanol–water partition coefficient (Wildman–Crippen LogP) is 2.05. The van der Waals surface area contributed by atoms with Gasteiger partial charge in [0.25, 0.3) is 11.5 Å². The smallest absolute Gasteiger partial charge is 0.318 e. The number of aryl methyl sites for hydroxylation is 1. The van der Waals surface area contributed by atoms with Crippen LogP contribution < -0.4 is 15.8 Å². The van der Waals surface area contributed by atoms with Crippen LogP contribution in [-0.2, 0) is 24.6 Å². The van der Waals surface area contributed by atoms with Gasteiger partial charge in [0.1, 0.15) is 12.1 Å². The summed E-state index contributed by atoms with van der Waals surface area (Å²) >= 11 is 1.35. The van der Waals surface area contributed by atoms with E-state index in [4.69, 9.17) is 0 Å². The van der Waals surface area contributed by atoms with E-state index >= 15 is 0 Å². The van der Waals surface area contributed by atoms with Crippen LogP contribution in [0.3, 0.4) is 0 Å². The summed E-state index contributed by atoms with van der Waals surface area (Å²) in [6, 6.07) is 9.30. The number of carbonyl (C=O) groups excluding carboxylic acids is 1. The number of thiazole rings is 1. The van der Waals surface area contributed by atoms with E-state index in [2.05, 4.69) is 10.5 Å². The van der Waals surface area contributed by atoms with E-state index in [0.717, 1.165) is 22.5 Å². The highest BCUT2D eigenvalue weighted by molar-refractivity contribution is 7.16. The van der Waals surface area contributed by atoms with Gasteiger partial charge < -0.3 is 9.13 Å². The van der Waals surface area contributed by atoms with Crippen LogP contribution in [-0.4, -0.2) is 15.0 Å². The van der Waals surface area contributed by atoms with E-state index < -0.39 is 29.8 Å². The van der Waals surface area contributed by atoms with Crippen LogP contribution in [0.5, 0.6) is 0 Å². The minimum Gasteiger partial charge on any atom is -0.318 e. The average Bonchev–Trinajstić information content (AvgIpc) is 2.90. The molecular formula is C16H13F3N4O2S. The van der Waals surface area contributed by atoms with Crippen molar-refractivity contribution in [2.75, 3.05) is 0 Å². The molecule has 0 aliphatic heterocycles. The second-order valence-corrected chi connectivity index (χ2v) is 6.42. The molecule has 0 aliphatic carbocycles. The summed E-state index contributed by atoms with van der Waals surface area (Å²) in [5, 5.41) is 3.98. The van der Waals surface area contributed by atoms with Gasteiger partial charge in [-0.05, 0) is 24.3 Å². The first-order chi connectivity index (χ1) is 12.3. The summed E-state index contributed by atoms with van der Waals surface area (Å²) in [5.74, 6) is -0.705. The van der Waals surface area contributed by atoms with E-state index in [-0.39, 0.29) is 0 Å². The molecule has 0 saturated heterocycles. The monoisotopic (exact) mass is 382 g/mol. The maximum atomic E-state index is 12.7. The number of halogens is 3. The van der Waals surface area contributed by atoms with Crippen molar-refractivity contribution in [2.24, 2.45) is 12.1 Å². The summed E-state index contributed by atoms with van der Waals surface area (Å²) in [7, 11) is 1.78. The fourth-order valence-electron chi connectivity index (χ4n) is 2.37. The van der Waals surface area contributed by atoms with Crippen molar-refractivity contribution in [1.29, 1.82) is 0 Å². The molecule has 0 bridgehead atoms. The molecule has 1 aromatic carbocycles. The van der Waals surface area contributed by atoms with Gasteiger partial charge in [-0.2, -0.15) is 13.2 Å². The molecule has 2 heterocycles. The molecule has 0 unspecified atom stereocenters. The molecule has 1 amide bonds. The maximum absolute atomic E-state index is 12.7. The quantitative estimate of drug-likeness (QED) is 0.705. The van der Waals surface area contributed by atoms with E-state index in [0.29, 0.717) is 15.4 Å². The molecule has 0 aliphatic rings. The lowest BCUT2D eigenvalue weighted by Gasteiger charge is -2.09. The standard InChI is InChI=1S/C16H13F3N4O2S/c1-22-11-6-2-3-7-12(11)26-15(22)21-20-13(24)9-23-8-4-5-10(14(23)25)16(17,18)19/h2-8H,9H2,1H3,(H,20,24). The Hall–Kier alpha value is -2.88. The molecule has 6 nitrogen and oxygen atoms in total. The second-order valence-electron chi connectivity index (χ2n) is 5.41. The Balaban J connectivity index is 1.81. The zero-order valence-corrected chi connectivity index (χ0v) is 14.3. The molecule has 3 rings (SSSR count). The third-order valence-corrected chi connectivity index (χ3v) is 4.74. The minimum atomic E-state index is -4.77. The van der Waals surface area contributed by atoms with Crippen LogP contribution in [0.15, 0.2) is 52.5 Å². The van der Waals surface area contributed by atoms with Crippen LogP contribution in [0.1, 0.15) is 5.56 Å². The molecule has 3 aromatic rings. The lowest BCUT2D eigenvalue weighted by Crippen LogP contribution is -2.34. The van der Waals surface area contributed by atoms with E-state index in [1.165, 1.54) is 11.3 Å². The van der Waals surface area contributed by atoms with E-state index in [1.807, 2.05) is 24.3 Å². The third-order valence-electron chi connectivity index (χ3n) is 3.63. The summed E-state index contributed by atoms with van der Waals surface area (Å²) < 4.78 is 41.7. The number of rotatable bonds is 3. The number of hydrogen-bond acceptors (Lipinski definition) is 4. The van der Waals surface area contributed by atoms with Crippen molar-refractivity contribution in [3.63, 3.8) is 0 Å². The summed E-state index contributed by atoms with van der Waals surface area (Å²) in [6.07, 6.45) is -3.65. The second kappa shape index (κ2) is 6.79. The number of pyridine rings is 1. The molecular weight excluding hydrogens is 369 g/mol. The number of benzene rings is 1. The summed E-state index contributed by atoms with van der Waals surface area (Å²) in [4.78, 5) is 24.3. The number of alkyl halides is 3. The predicted molar refractivity (Wildman–Crippen MR) is 90.2 cm³/mol. The van der Waals surface area contributed by atoms with Gasteiger partial charge in [-0.25, -0.2) is 5.43 Å². The lowest BCUT2D eigenvalue weighted by molar-refractivity contribution is -0.139. The van der Waals surface area contributed by atoms with Crippen molar-refractivity contribution in [1.82, 2.24) is 14.6 Å². The Labute approximate surface area is 148 Å². The Morgan fingerprint density at radius 3 is 2.65 bits per heavy atom. The highest BCUT2D eigenvalue weighted by Gasteiger charge is 2.34. The van der Waals surface area contributed by atoms with Crippen LogP contribution in [0.4, 0.5) is 13.2 Å². The molecule has 136 valence electrons. The highest BCUT2D eigenvalue weighted by atomic mass is 32.1. The first-order valence-corrected chi connectivity index (χ1v) is 8.23. The summed E-state index contributed by atoms with van der Waals surface area (Å²) in [5.41, 5.74) is 0.605. The first-order valence-electron chi connectivity index (χ1n) is 7.41. The van der Waals surface area contributed by atoms with Gasteiger partial charge in [-0.1, -0.05) is 23.5 Å². The minimum absolute atomic E-state index is 0.510. The number of amides is 1. The normalized spacial score (nSPS) is 12.5. The van der Waals surface area contributed by atoms with Crippen molar-refractivity contribution >= 4 is 27.5 Å². The van der Waals surface area contributed by atoms with Crippen molar-refractivity contribution in [3.05, 3.63) is 63.3 Å². The van der Waals surface area contributed by atoms with Crippen LogP contribution in [0, 0.1) is 0 Å². The van der Waals surface area contributed by atoms with Crippen LogP contribution in [0.25, 0.3) is 10.2 Å². The lowest BCUT2D eigenvalue weighted by atomic mass is 10.2. The Morgan fingerprint density at radius 2 is 1.96 bits per heavy atom. The van der Waals surface area contributed by atoms with Crippen molar-refractivity contribution < 1.29 is 18.0 Å². The van der Waals surface area contributed by atoms with Crippen molar-refractivity contribution in [3.8, 4) is 0 Å². The molecule has 1 N–H and O–H groups in total. The Kier molecular flexibility index (Phi) is 4.68. The van der Waals surface area contributed by atoms with E-state index in [9.17, 15) is 22.8 Å². The number of nitrogens with one attached hydrogen (secondary N) is 1. The van der Waals surface area contributed by atoms with Gasteiger partial charge in [-0.3, -0.25) is 9.59 Å². The molecule has 2 aromatic heterocycles. The number of carbonyl (C=O) groups is 1. The topological polar surface area (TPSA) is 68.4 Å². The van der Waals surface area contributed by atoms with Gasteiger partial charge in [0, 0.05) is 13.2 Å². The van der Waals surface area contributed by atoms with Crippen LogP contribution in [0.2, 0.25) is 0 Å². The van der Waals surface area contributed by atoms with Crippen LogP contribution >= 0.6 is 11.3 Å². The number of fused-ring (bicyclic) bond motifs is 1. The summed E-state index contributed by atoms with van der Waals surface area (Å²) in [6.45, 7) is -0.569. The van der Waals surface area contributed by atoms with Gasteiger partial charge in [0.05, 0.1) is 10.2 Å². The fourth-order valence-corrected chi connectivity index (χ4v) is 3.34. The SMILES string of the molecule is Cn1c(=NNC(=O)Cn2cccc(C(F)(F)F)c2=O)sc2ccccc21. The Bertz CT molecular complexity index is 1100. The fraction of sp³-hybridized carbons (Fsp3) is 0.188. The van der Waals surface area contributed by atoms with E-state index in [1.54, 1.807) is 11.6 Å². The van der Waals surface area contributed by atoms with Gasteiger partial charge in [-0.15, -0.1) is 5.10 Å². The molecule has 26 heavy (non-hydrogen) atoms. The third kappa shape index (κ3) is 3.54. The largest absolute Gasteiger partial charge is 0.421 e. The zero-order valence-electron chi connectivity index (χ0n) is 13.4. The molecule has 0 fully saturated rings. The van der Waals surface area contributed by atoms with Gasteiger partial charge >= 0.3 is 6.18 Å². The zero-order chi connectivity index (χ0) is 18.9. The maximum Gasteiger partial charge on any atom is 0.421 e. The molecule has 0 atom stereocenters. The number of hydrogen-bond donors (Lipinski definition) is 1. The molecule has 0 radical (unpaired) electrons. The number of nitrogens with zero attached hydrogens (tertiary/aromatic N) is 3.